The Morgan fingerprint density at radius 1 is 1.20 bits per heavy atom. The van der Waals surface area contributed by atoms with Crippen LogP contribution in [-0.4, -0.2) is 16.3 Å². The molecule has 0 aromatic heterocycles. The van der Waals surface area contributed by atoms with Crippen molar-refractivity contribution in [2.45, 2.75) is 0 Å². The minimum atomic E-state index is -0.803. The standard InChI is InChI=1S/C7H4N2O6/c10-4-15-7-3-5(8(11)12)1-2-6(7)9(13)14/h1-4H. The van der Waals surface area contributed by atoms with Gasteiger partial charge in [0, 0.05) is 12.1 Å². The number of benzene rings is 1. The lowest BCUT2D eigenvalue weighted by molar-refractivity contribution is -0.389. The molecule has 1 rings (SSSR count). The summed E-state index contributed by atoms with van der Waals surface area (Å²) in [7, 11) is 0. The molecular formula is C7H4N2O6. The molecule has 15 heavy (non-hydrogen) atoms. The zero-order valence-electron chi connectivity index (χ0n) is 7.15. The lowest BCUT2D eigenvalue weighted by Crippen LogP contribution is -1.97. The van der Waals surface area contributed by atoms with Crippen LogP contribution in [0.4, 0.5) is 11.4 Å². The van der Waals surface area contributed by atoms with Crippen molar-refractivity contribution in [2.75, 3.05) is 0 Å². The van der Waals surface area contributed by atoms with Crippen LogP contribution >= 0.6 is 0 Å². The van der Waals surface area contributed by atoms with E-state index in [0.717, 1.165) is 18.2 Å². The van der Waals surface area contributed by atoms with Crippen molar-refractivity contribution in [3.8, 4) is 5.75 Å². The van der Waals surface area contributed by atoms with Gasteiger partial charge in [-0.1, -0.05) is 0 Å². The molecule has 0 aliphatic rings. The second-order valence-electron chi connectivity index (χ2n) is 2.38. The number of carbonyl (C=O) groups is 1. The van der Waals surface area contributed by atoms with Crippen LogP contribution in [0.2, 0.25) is 0 Å². The van der Waals surface area contributed by atoms with E-state index >= 15 is 0 Å². The first-order valence-corrected chi connectivity index (χ1v) is 3.59. The van der Waals surface area contributed by atoms with Gasteiger partial charge < -0.3 is 4.74 Å². The minimum Gasteiger partial charge on any atom is -0.421 e. The quantitative estimate of drug-likeness (QED) is 0.418. The normalized spacial score (nSPS) is 9.33. The fourth-order valence-electron chi connectivity index (χ4n) is 0.913. The Hall–Kier alpha value is -2.51. The summed E-state index contributed by atoms with van der Waals surface area (Å²) in [6.07, 6.45) is 0. The van der Waals surface area contributed by atoms with Crippen LogP contribution < -0.4 is 4.74 Å². The molecule has 0 amide bonds. The summed E-state index contributed by atoms with van der Waals surface area (Å²) >= 11 is 0. The minimum absolute atomic E-state index is 0.0357. The molecule has 0 bridgehead atoms. The van der Waals surface area contributed by atoms with E-state index in [-0.39, 0.29) is 6.47 Å². The Morgan fingerprint density at radius 3 is 2.33 bits per heavy atom. The van der Waals surface area contributed by atoms with Gasteiger partial charge in [-0.3, -0.25) is 25.0 Å². The van der Waals surface area contributed by atoms with Crippen LogP contribution in [0.25, 0.3) is 0 Å². The summed E-state index contributed by atoms with van der Waals surface area (Å²) < 4.78 is 4.26. The maximum absolute atomic E-state index is 10.4. The summed E-state index contributed by atoms with van der Waals surface area (Å²) in [6, 6.07) is 2.67. The monoisotopic (exact) mass is 212 g/mol. The second-order valence-corrected chi connectivity index (χ2v) is 2.38. The number of nitrogens with zero attached hydrogens (tertiary/aromatic N) is 2. The molecule has 1 aromatic rings. The fourth-order valence-corrected chi connectivity index (χ4v) is 0.913. The number of rotatable bonds is 4. The van der Waals surface area contributed by atoms with Gasteiger partial charge in [-0.2, -0.15) is 0 Å². The smallest absolute Gasteiger partial charge is 0.312 e. The van der Waals surface area contributed by atoms with Crippen molar-refractivity contribution in [2.24, 2.45) is 0 Å². The first kappa shape index (κ1) is 10.6. The molecule has 8 heteroatoms. The van der Waals surface area contributed by atoms with E-state index in [1.807, 2.05) is 0 Å². The van der Waals surface area contributed by atoms with E-state index in [0.29, 0.717) is 0 Å². The van der Waals surface area contributed by atoms with Gasteiger partial charge in [-0.25, -0.2) is 0 Å². The molecule has 1 aromatic carbocycles. The summed E-state index contributed by atoms with van der Waals surface area (Å²) in [5, 5.41) is 20.7. The highest BCUT2D eigenvalue weighted by Crippen LogP contribution is 2.30. The van der Waals surface area contributed by atoms with Gasteiger partial charge in [0.25, 0.3) is 12.2 Å². The maximum atomic E-state index is 10.4. The van der Waals surface area contributed by atoms with Gasteiger partial charge in [-0.15, -0.1) is 0 Å². The van der Waals surface area contributed by atoms with Crippen molar-refractivity contribution >= 4 is 17.8 Å². The zero-order valence-corrected chi connectivity index (χ0v) is 7.15. The molecule has 0 aliphatic heterocycles. The van der Waals surface area contributed by atoms with Crippen molar-refractivity contribution in [3.63, 3.8) is 0 Å². The third-order valence-corrected chi connectivity index (χ3v) is 1.53. The van der Waals surface area contributed by atoms with Crippen molar-refractivity contribution in [1.82, 2.24) is 0 Å². The number of nitro benzene ring substituents is 2. The number of hydrogen-bond donors (Lipinski definition) is 0. The van der Waals surface area contributed by atoms with Gasteiger partial charge in [0.05, 0.1) is 15.9 Å². The molecule has 0 saturated heterocycles. The van der Waals surface area contributed by atoms with Crippen LogP contribution in [0.5, 0.6) is 5.75 Å². The molecule has 0 N–H and O–H groups in total. The molecule has 0 fully saturated rings. The van der Waals surface area contributed by atoms with E-state index in [1.54, 1.807) is 0 Å². The van der Waals surface area contributed by atoms with Crippen molar-refractivity contribution < 1.29 is 19.4 Å². The fraction of sp³-hybridized carbons (Fsp3) is 0. The predicted octanol–water partition coefficient (Wildman–Crippen LogP) is 1.04. The summed E-state index contributed by atoms with van der Waals surface area (Å²) in [6.45, 7) is -0.0357. The lowest BCUT2D eigenvalue weighted by atomic mass is 10.2. The predicted molar refractivity (Wildman–Crippen MR) is 46.4 cm³/mol. The third-order valence-electron chi connectivity index (χ3n) is 1.53. The number of carbonyl (C=O) groups excluding carboxylic acids is 1. The molecule has 8 nitrogen and oxygen atoms in total. The molecule has 0 spiro atoms. The van der Waals surface area contributed by atoms with E-state index in [9.17, 15) is 25.0 Å². The Kier molecular flexibility index (Phi) is 2.91. The molecule has 0 aliphatic carbocycles. The number of non-ortho nitro benzene ring substituents is 1. The average Bonchev–Trinajstić information content (AvgIpc) is 2.17. The van der Waals surface area contributed by atoms with Crippen molar-refractivity contribution in [3.05, 3.63) is 38.4 Å². The molecular weight excluding hydrogens is 208 g/mol. The van der Waals surface area contributed by atoms with E-state index < -0.39 is 27.0 Å². The van der Waals surface area contributed by atoms with Crippen LogP contribution in [0, 0.1) is 20.2 Å². The Bertz CT molecular complexity index is 429. The van der Waals surface area contributed by atoms with Crippen LogP contribution in [0.15, 0.2) is 18.2 Å². The molecule has 0 radical (unpaired) electrons. The highest BCUT2D eigenvalue weighted by molar-refractivity contribution is 5.58. The Labute approximate surface area is 82.4 Å². The van der Waals surface area contributed by atoms with Gasteiger partial charge in [0.15, 0.2) is 0 Å². The van der Waals surface area contributed by atoms with Crippen molar-refractivity contribution in [1.29, 1.82) is 0 Å². The Morgan fingerprint density at radius 2 is 1.87 bits per heavy atom. The largest absolute Gasteiger partial charge is 0.421 e. The molecule has 0 atom stereocenters. The zero-order chi connectivity index (χ0) is 11.4. The lowest BCUT2D eigenvalue weighted by Gasteiger charge is -1.98. The molecule has 0 unspecified atom stereocenters. The van der Waals surface area contributed by atoms with Gasteiger partial charge in [0.2, 0.25) is 5.75 Å². The van der Waals surface area contributed by atoms with Crippen LogP contribution in [-0.2, 0) is 4.79 Å². The summed E-state index contributed by atoms with van der Waals surface area (Å²) in [5.41, 5.74) is -0.898. The van der Waals surface area contributed by atoms with E-state index in [1.165, 1.54) is 0 Å². The van der Waals surface area contributed by atoms with E-state index in [2.05, 4.69) is 4.74 Å². The Balaban J connectivity index is 3.25. The SMILES string of the molecule is O=COc1cc([N+](=O)[O-])ccc1[N+](=O)[O-]. The molecule has 78 valence electrons. The van der Waals surface area contributed by atoms with Crippen LogP contribution in [0.3, 0.4) is 0 Å². The van der Waals surface area contributed by atoms with Gasteiger partial charge in [-0.05, 0) is 0 Å². The van der Waals surface area contributed by atoms with Gasteiger partial charge in [0.1, 0.15) is 0 Å². The maximum Gasteiger partial charge on any atom is 0.312 e. The number of ether oxygens (including phenoxy) is 1. The summed E-state index contributed by atoms with van der Waals surface area (Å²) in [5.74, 6) is -0.454. The summed E-state index contributed by atoms with van der Waals surface area (Å²) in [4.78, 5) is 29.2. The second kappa shape index (κ2) is 4.13. The van der Waals surface area contributed by atoms with Gasteiger partial charge >= 0.3 is 5.69 Å². The van der Waals surface area contributed by atoms with E-state index in [4.69, 9.17) is 0 Å². The van der Waals surface area contributed by atoms with Crippen LogP contribution in [0.1, 0.15) is 0 Å². The first-order chi connectivity index (χ1) is 7.06. The first-order valence-electron chi connectivity index (χ1n) is 3.59. The average molecular weight is 212 g/mol. The highest BCUT2D eigenvalue weighted by Gasteiger charge is 2.19. The number of nitro groups is 2. The molecule has 0 heterocycles. The topological polar surface area (TPSA) is 113 Å². The highest BCUT2D eigenvalue weighted by atomic mass is 16.6. The molecule has 0 saturated carbocycles. The number of hydrogen-bond acceptors (Lipinski definition) is 6. The third kappa shape index (κ3) is 2.24.